The Morgan fingerprint density at radius 1 is 0.651 bits per heavy atom. The summed E-state index contributed by atoms with van der Waals surface area (Å²) in [6.07, 6.45) is 25.1. The third-order valence-corrected chi connectivity index (χ3v) is 7.66. The maximum Gasteiger partial charge on any atom is 0 e. The van der Waals surface area contributed by atoms with Crippen LogP contribution in [0.25, 0.3) is 21.3 Å². The normalized spacial score (nSPS) is 17.9. The molecular formula is C34H60N6NiS2-6. The Hall–Kier alpha value is -0.926. The molecule has 0 aromatic carbocycles. The first-order chi connectivity index (χ1) is 20.6. The van der Waals surface area contributed by atoms with Gasteiger partial charge in [-0.15, -0.1) is 45.8 Å². The molecule has 0 saturated carbocycles. The summed E-state index contributed by atoms with van der Waals surface area (Å²) in [7, 11) is 0. The number of thiocyanates is 2. The summed E-state index contributed by atoms with van der Waals surface area (Å²) in [6, 6.07) is 0. The summed E-state index contributed by atoms with van der Waals surface area (Å²) < 4.78 is 0. The van der Waals surface area contributed by atoms with Crippen molar-refractivity contribution >= 4 is 25.3 Å². The van der Waals surface area contributed by atoms with Crippen molar-refractivity contribution in [1.29, 1.82) is 10.5 Å². The first-order valence-electron chi connectivity index (χ1n) is 16.5. The Kier molecular flexibility index (Phi) is 42.3. The predicted molar refractivity (Wildman–Crippen MR) is 188 cm³/mol. The van der Waals surface area contributed by atoms with E-state index in [0.29, 0.717) is 0 Å². The molecule has 0 atom stereocenters. The zero-order chi connectivity index (χ0) is 31.5. The van der Waals surface area contributed by atoms with Gasteiger partial charge in [0.15, 0.2) is 0 Å². The molecule has 3 saturated heterocycles. The second-order valence-corrected chi connectivity index (χ2v) is 11.5. The maximum absolute atomic E-state index is 7.13. The fraction of sp³-hybridized carbons (Fsp3) is 0.824. The molecule has 3 fully saturated rings. The summed E-state index contributed by atoms with van der Waals surface area (Å²) >= 11 is 7.40. The zero-order valence-corrected chi connectivity index (χ0v) is 30.2. The molecule has 0 aromatic rings. The minimum atomic E-state index is 0. The summed E-state index contributed by atoms with van der Waals surface area (Å²) in [6.45, 7) is 16.7. The molecule has 0 bridgehead atoms. The molecule has 0 spiro atoms. The van der Waals surface area contributed by atoms with Gasteiger partial charge < -0.3 is 46.5 Å². The van der Waals surface area contributed by atoms with Crippen LogP contribution in [0.4, 0.5) is 0 Å². The smallest absolute Gasteiger partial charge is 0 e. The van der Waals surface area contributed by atoms with E-state index in [1.165, 1.54) is 106 Å². The SMILES string of the molecule is CCCC1=CC[N-]C=C1.CCCC1CC[N-]CC1.CCCC1CC[N-]CC1.CCCC1CC[N-]CC1.N#C[S-].N#C[S-].[Ni]. The second-order valence-electron chi connectivity index (χ2n) is 11.1. The van der Waals surface area contributed by atoms with Crippen LogP contribution < -0.4 is 0 Å². The van der Waals surface area contributed by atoms with E-state index >= 15 is 0 Å². The summed E-state index contributed by atoms with van der Waals surface area (Å²) in [5.41, 5.74) is 1.44. The van der Waals surface area contributed by atoms with E-state index in [4.69, 9.17) is 10.5 Å². The van der Waals surface area contributed by atoms with Gasteiger partial charge in [0.05, 0.1) is 0 Å². The van der Waals surface area contributed by atoms with Crippen molar-refractivity contribution in [2.75, 3.05) is 45.8 Å². The Balaban J connectivity index is -0.000000464. The van der Waals surface area contributed by atoms with Crippen molar-refractivity contribution in [2.24, 2.45) is 17.8 Å². The van der Waals surface area contributed by atoms with E-state index in [1.54, 1.807) is 0 Å². The van der Waals surface area contributed by atoms with Gasteiger partial charge in [0.1, 0.15) is 0 Å². The fourth-order valence-electron chi connectivity index (χ4n) is 5.42. The molecule has 4 heterocycles. The summed E-state index contributed by atoms with van der Waals surface area (Å²) in [5.74, 6) is 3.02. The van der Waals surface area contributed by atoms with Crippen LogP contribution in [0.5, 0.6) is 0 Å². The van der Waals surface area contributed by atoms with Crippen molar-refractivity contribution < 1.29 is 16.5 Å². The van der Waals surface area contributed by atoms with E-state index in [-0.39, 0.29) is 16.5 Å². The topological polar surface area (TPSA) is 104 Å². The molecule has 9 heteroatoms. The van der Waals surface area contributed by atoms with Crippen LogP contribution >= 0.6 is 0 Å². The van der Waals surface area contributed by atoms with Crippen LogP contribution in [0.3, 0.4) is 0 Å². The van der Waals surface area contributed by atoms with Crippen LogP contribution in [0.15, 0.2) is 23.9 Å². The molecule has 43 heavy (non-hydrogen) atoms. The van der Waals surface area contributed by atoms with E-state index in [0.717, 1.165) is 63.6 Å². The van der Waals surface area contributed by atoms with E-state index in [2.05, 4.69) is 86.4 Å². The van der Waals surface area contributed by atoms with Gasteiger partial charge in [-0.2, -0.15) is 6.20 Å². The molecule has 0 aliphatic carbocycles. The van der Waals surface area contributed by atoms with Crippen LogP contribution in [0.2, 0.25) is 0 Å². The van der Waals surface area contributed by atoms with Crippen LogP contribution in [0, 0.1) is 39.1 Å². The molecule has 0 N–H and O–H groups in total. The van der Waals surface area contributed by atoms with Gasteiger partial charge in [0.2, 0.25) is 0 Å². The zero-order valence-electron chi connectivity index (χ0n) is 27.6. The molecule has 0 aromatic heterocycles. The van der Waals surface area contributed by atoms with Crippen molar-refractivity contribution in [1.82, 2.24) is 0 Å². The van der Waals surface area contributed by atoms with Gasteiger partial charge in [-0.25, -0.2) is 10.5 Å². The monoisotopic (exact) mass is 674 g/mol. The molecule has 4 aliphatic rings. The largest absolute Gasteiger partial charge is 0.696 e. The Bertz CT molecular complexity index is 622. The summed E-state index contributed by atoms with van der Waals surface area (Å²) in [5, 5.41) is 33.9. The van der Waals surface area contributed by atoms with Gasteiger partial charge >= 0.3 is 0 Å². The van der Waals surface area contributed by atoms with E-state index < -0.39 is 0 Å². The molecule has 0 amide bonds. The van der Waals surface area contributed by atoms with E-state index in [9.17, 15) is 0 Å². The number of hydrogen-bond donors (Lipinski definition) is 0. The Morgan fingerprint density at radius 3 is 1.21 bits per heavy atom. The molecule has 254 valence electrons. The average Bonchev–Trinajstić information content (AvgIpc) is 3.02. The average molecular weight is 676 g/mol. The third kappa shape index (κ3) is 33.8. The molecule has 4 rings (SSSR count). The number of nitriles is 2. The first-order valence-corrected chi connectivity index (χ1v) is 17.3. The van der Waals surface area contributed by atoms with Crippen LogP contribution in [-0.2, 0) is 41.7 Å². The van der Waals surface area contributed by atoms with E-state index in [1.807, 2.05) is 6.20 Å². The third-order valence-electron chi connectivity index (χ3n) is 7.66. The molecule has 0 unspecified atom stereocenters. The fourth-order valence-corrected chi connectivity index (χ4v) is 5.42. The molecule has 4 aliphatic heterocycles. The van der Waals surface area contributed by atoms with Crippen LogP contribution in [0.1, 0.15) is 118 Å². The number of allylic oxidation sites excluding steroid dienone is 2. The first kappa shape index (κ1) is 46.5. The minimum absolute atomic E-state index is 0. The Morgan fingerprint density at radius 2 is 0.977 bits per heavy atom. The Labute approximate surface area is 288 Å². The van der Waals surface area contributed by atoms with Gasteiger partial charge in [0.25, 0.3) is 0 Å². The minimum Gasteiger partial charge on any atom is -0.696 e. The van der Waals surface area contributed by atoms with Crippen molar-refractivity contribution in [3.63, 3.8) is 0 Å². The van der Waals surface area contributed by atoms with Gasteiger partial charge in [0, 0.05) is 16.5 Å². The predicted octanol–water partition coefficient (Wildman–Crippen LogP) is 10.4. The molecule has 6 nitrogen and oxygen atoms in total. The standard InChI is InChI=1S/3C8H16N.C8H12N.2CHNS.Ni/c4*1-2-3-8-4-6-9-7-5-8;2*2-1-3;/h3*8H,2-7H2,1H3;4-6H,2-3,7H2,1H3;2*3H;/q4*-1;;;/p-2. The van der Waals surface area contributed by atoms with Gasteiger partial charge in [-0.3, -0.25) is 0 Å². The number of hydrogen-bond acceptors (Lipinski definition) is 4. The van der Waals surface area contributed by atoms with Gasteiger partial charge in [-0.1, -0.05) is 140 Å². The van der Waals surface area contributed by atoms with Gasteiger partial charge in [-0.05, 0) is 24.2 Å². The number of piperidine rings is 3. The summed E-state index contributed by atoms with van der Waals surface area (Å²) in [4.78, 5) is 0. The quantitative estimate of drug-likeness (QED) is 0.145. The molecular weight excluding hydrogens is 615 g/mol. The van der Waals surface area contributed by atoms with Crippen molar-refractivity contribution in [3.8, 4) is 10.8 Å². The van der Waals surface area contributed by atoms with Crippen molar-refractivity contribution in [2.45, 2.75) is 118 Å². The maximum atomic E-state index is 7.13. The second kappa shape index (κ2) is 39.1. The van der Waals surface area contributed by atoms with Crippen molar-refractivity contribution in [3.05, 3.63) is 45.2 Å². The molecule has 0 radical (unpaired) electrons. The number of nitrogens with zero attached hydrogens (tertiary/aromatic N) is 6. The van der Waals surface area contributed by atoms with Crippen LogP contribution in [-0.4, -0.2) is 45.8 Å². The number of rotatable bonds is 8.